The molecule has 3 aromatic rings. The average Bonchev–Trinajstić information content (AvgIpc) is 3.71. The molecule has 328 valence electrons. The number of rotatable bonds is 22. The topological polar surface area (TPSA) is 390 Å². The van der Waals surface area contributed by atoms with Crippen LogP contribution < -0.4 is 22.1 Å². The van der Waals surface area contributed by atoms with Crippen LogP contribution in [0.15, 0.2) is 43.0 Å². The van der Waals surface area contributed by atoms with Crippen molar-refractivity contribution in [2.75, 3.05) is 37.8 Å². The van der Waals surface area contributed by atoms with Crippen LogP contribution in [0.2, 0.25) is 0 Å². The number of hydrogen-bond acceptors (Lipinski definition) is 19. The van der Waals surface area contributed by atoms with Crippen molar-refractivity contribution in [1.82, 2.24) is 30.2 Å². The summed E-state index contributed by atoms with van der Waals surface area (Å²) >= 11 is 0.973. The van der Waals surface area contributed by atoms with Gasteiger partial charge in [0.15, 0.2) is 17.7 Å². The zero-order chi connectivity index (χ0) is 43.8. The van der Waals surface area contributed by atoms with Gasteiger partial charge in [0.25, 0.3) is 0 Å². The molecule has 1 fully saturated rings. The van der Waals surface area contributed by atoms with Crippen molar-refractivity contribution in [2.45, 2.75) is 63.4 Å². The van der Waals surface area contributed by atoms with Crippen molar-refractivity contribution in [3.63, 3.8) is 0 Å². The highest BCUT2D eigenvalue weighted by molar-refractivity contribution is 8.13. The van der Waals surface area contributed by atoms with E-state index in [1.54, 1.807) is 0 Å². The molecule has 29 heteroatoms. The summed E-state index contributed by atoms with van der Waals surface area (Å²) in [7, 11) is -16.4. The van der Waals surface area contributed by atoms with Crippen LogP contribution in [0, 0.1) is 5.41 Å². The number of phosphoric acid groups is 3. The summed E-state index contributed by atoms with van der Waals surface area (Å²) in [4.78, 5) is 88.1. The van der Waals surface area contributed by atoms with Gasteiger partial charge in [0.05, 0.1) is 25.6 Å². The molecule has 1 saturated heterocycles. The van der Waals surface area contributed by atoms with E-state index in [1.807, 2.05) is 30.3 Å². The van der Waals surface area contributed by atoms with Crippen LogP contribution in [0.4, 0.5) is 5.82 Å². The molecule has 0 aliphatic carbocycles. The van der Waals surface area contributed by atoms with Crippen molar-refractivity contribution in [3.05, 3.63) is 48.5 Å². The molecule has 8 atom stereocenters. The van der Waals surface area contributed by atoms with Gasteiger partial charge >= 0.3 is 23.5 Å². The van der Waals surface area contributed by atoms with Crippen molar-refractivity contribution in [2.24, 2.45) is 11.1 Å². The summed E-state index contributed by atoms with van der Waals surface area (Å²) in [5.74, 6) is -1.25. The van der Waals surface area contributed by atoms with E-state index in [0.29, 0.717) is 6.42 Å². The number of fused-ring (bicyclic) bond motifs is 1. The maximum Gasteiger partial charge on any atom is 0.481 e. The standard InChI is InChI=1S/C30H45N8O17P3S/c1-30(2,24(41)27(42)34-9-8-20(39)33-10-11-59-29(43)18(31)12-17-6-4-3-5-7-17)14-52-58(49,50)55-57(47,48)51-13-19-23(54-56(44,45)46)22(40)28(53-19)38-16-37-21-25(32)35-15-36-26(21)38/h3-7,15-16,18-19,22-24,28,40-41H,8-14,31H2,1-2H3,(H,33,39)(H,34,42)(H,47,48)(H,49,50)(H2,32,35,36)(H2,44,45,46)/t18-,19-,22?,23?,24+,28-/m0/s1. The number of carbonyl (C=O) groups is 3. The largest absolute Gasteiger partial charge is 0.481 e. The maximum atomic E-state index is 12.7. The number of nitrogens with zero attached hydrogens (tertiary/aromatic N) is 4. The number of aromatic nitrogens is 4. The maximum absolute atomic E-state index is 12.7. The molecule has 1 aromatic carbocycles. The molecule has 59 heavy (non-hydrogen) atoms. The number of benzene rings is 1. The Morgan fingerprint density at radius 2 is 1.69 bits per heavy atom. The van der Waals surface area contributed by atoms with Crippen LogP contribution in [0.1, 0.15) is 32.1 Å². The van der Waals surface area contributed by atoms with Gasteiger partial charge in [-0.05, 0) is 12.0 Å². The fraction of sp³-hybridized carbons (Fsp3) is 0.533. The minimum Gasteiger partial charge on any atom is -0.386 e. The van der Waals surface area contributed by atoms with Crippen molar-refractivity contribution in [1.29, 1.82) is 0 Å². The summed E-state index contributed by atoms with van der Waals surface area (Å²) in [6.45, 7) is 0.376. The molecular formula is C30H45N8O17P3S. The number of aliphatic hydroxyl groups excluding tert-OH is 2. The number of nitrogens with two attached hydrogens (primary N) is 2. The first-order chi connectivity index (χ1) is 27.5. The first kappa shape index (κ1) is 48.4. The van der Waals surface area contributed by atoms with E-state index in [-0.39, 0.29) is 47.4 Å². The van der Waals surface area contributed by atoms with Gasteiger partial charge in [0, 0.05) is 30.7 Å². The molecule has 0 saturated carbocycles. The molecule has 0 radical (unpaired) electrons. The monoisotopic (exact) mass is 914 g/mol. The number of carbonyl (C=O) groups excluding carboxylic acids is 3. The number of nitrogens with one attached hydrogen (secondary N) is 2. The fourth-order valence-electron chi connectivity index (χ4n) is 5.34. The minimum absolute atomic E-state index is 0.0268. The van der Waals surface area contributed by atoms with Crippen molar-refractivity contribution in [3.8, 4) is 0 Å². The Morgan fingerprint density at radius 3 is 2.37 bits per heavy atom. The quantitative estimate of drug-likeness (QED) is 0.0437. The van der Waals surface area contributed by atoms with E-state index in [2.05, 4.69) is 34.4 Å². The highest BCUT2D eigenvalue weighted by Crippen LogP contribution is 2.61. The Hall–Kier alpha value is -3.26. The third kappa shape index (κ3) is 14.4. The number of amides is 2. The Morgan fingerprint density at radius 1 is 1.02 bits per heavy atom. The Balaban J connectivity index is 1.20. The third-order valence-electron chi connectivity index (χ3n) is 8.35. The number of imidazole rings is 1. The second-order valence-corrected chi connectivity index (χ2v) is 18.9. The number of aliphatic hydroxyl groups is 2. The summed E-state index contributed by atoms with van der Waals surface area (Å²) < 4.78 is 62.2. The van der Waals surface area contributed by atoms with Gasteiger partial charge in [0.2, 0.25) is 16.9 Å². The smallest absolute Gasteiger partial charge is 0.386 e. The molecule has 4 rings (SSSR count). The van der Waals surface area contributed by atoms with Crippen LogP contribution in [0.25, 0.3) is 11.2 Å². The van der Waals surface area contributed by atoms with E-state index in [0.717, 1.165) is 34.5 Å². The summed E-state index contributed by atoms with van der Waals surface area (Å²) in [5, 5.41) is 26.2. The highest BCUT2D eigenvalue weighted by Gasteiger charge is 2.50. The summed E-state index contributed by atoms with van der Waals surface area (Å²) in [6.07, 6.45) is -6.62. The van der Waals surface area contributed by atoms with Crippen LogP contribution in [0.5, 0.6) is 0 Å². The predicted molar refractivity (Wildman–Crippen MR) is 205 cm³/mol. The van der Waals surface area contributed by atoms with E-state index in [9.17, 15) is 57.9 Å². The molecule has 0 spiro atoms. The summed E-state index contributed by atoms with van der Waals surface area (Å²) in [5.41, 5.74) is 11.1. The Kier molecular flexibility index (Phi) is 16.8. The molecule has 1 aliphatic heterocycles. The molecule has 12 N–H and O–H groups in total. The first-order valence-corrected chi connectivity index (χ1v) is 22.8. The van der Waals surface area contributed by atoms with E-state index >= 15 is 0 Å². The molecule has 25 nitrogen and oxygen atoms in total. The lowest BCUT2D eigenvalue weighted by molar-refractivity contribution is -0.137. The Bertz CT molecular complexity index is 2080. The highest BCUT2D eigenvalue weighted by atomic mass is 32.2. The van der Waals surface area contributed by atoms with Crippen LogP contribution >= 0.6 is 35.2 Å². The lowest BCUT2D eigenvalue weighted by Crippen LogP contribution is -2.46. The van der Waals surface area contributed by atoms with E-state index in [4.69, 9.17) is 25.3 Å². The third-order valence-corrected chi connectivity index (χ3v) is 12.4. The number of thioether (sulfide) groups is 1. The minimum atomic E-state index is -5.58. The predicted octanol–water partition coefficient (Wildman–Crippen LogP) is -0.765. The van der Waals surface area contributed by atoms with Gasteiger partial charge in [-0.2, -0.15) is 4.31 Å². The van der Waals surface area contributed by atoms with Gasteiger partial charge in [-0.3, -0.25) is 32.5 Å². The Labute approximate surface area is 340 Å². The van der Waals surface area contributed by atoms with Gasteiger partial charge in [-0.25, -0.2) is 28.6 Å². The van der Waals surface area contributed by atoms with Gasteiger partial charge in [0.1, 0.15) is 36.3 Å². The fourth-order valence-corrected chi connectivity index (χ4v) is 8.87. The molecule has 2 aromatic heterocycles. The molecule has 4 unspecified atom stereocenters. The number of ether oxygens (including phenoxy) is 1. The van der Waals surface area contributed by atoms with Crippen molar-refractivity contribution < 1.29 is 80.5 Å². The number of hydrogen-bond donors (Lipinski definition) is 10. The van der Waals surface area contributed by atoms with Crippen LogP contribution in [-0.2, 0) is 57.1 Å². The molecule has 0 bridgehead atoms. The second-order valence-electron chi connectivity index (χ2n) is 13.5. The SMILES string of the molecule is CC(C)(COP(=O)(O)OP(=O)(O)OC[C@@H]1O[C@H](n2cnc3c(N)ncnc32)C(O)C1OP(=O)(O)O)[C@H](O)C(=O)NCCC(=O)NCCSC(=O)[C@@H](N)Cc1ccccc1. The second kappa shape index (κ2) is 20.5. The average molecular weight is 915 g/mol. The van der Waals surface area contributed by atoms with Gasteiger partial charge in [-0.1, -0.05) is 55.9 Å². The number of anilines is 1. The number of phosphoric ester groups is 3. The number of nitrogen functional groups attached to an aromatic ring is 1. The first-order valence-electron chi connectivity index (χ1n) is 17.3. The lowest BCUT2D eigenvalue weighted by atomic mass is 9.87. The molecule has 1 aliphatic rings. The van der Waals surface area contributed by atoms with Gasteiger partial charge in [-0.15, -0.1) is 0 Å². The zero-order valence-corrected chi connectivity index (χ0v) is 34.8. The molecular weight excluding hydrogens is 869 g/mol. The molecule has 3 heterocycles. The normalized spacial score (nSPS) is 21.6. The van der Waals surface area contributed by atoms with Crippen molar-refractivity contribution >= 4 is 69.1 Å². The summed E-state index contributed by atoms with van der Waals surface area (Å²) in [6, 6.07) is 8.54. The molecule has 2 amide bonds. The van der Waals surface area contributed by atoms with E-state index in [1.165, 1.54) is 13.8 Å². The van der Waals surface area contributed by atoms with Gasteiger partial charge < -0.3 is 56.6 Å². The zero-order valence-electron chi connectivity index (χ0n) is 31.3. The lowest BCUT2D eigenvalue weighted by Gasteiger charge is -2.30. The van der Waals surface area contributed by atoms with Crippen LogP contribution in [0.3, 0.4) is 0 Å². The van der Waals surface area contributed by atoms with E-state index < -0.39 is 90.6 Å². The van der Waals surface area contributed by atoms with Crippen LogP contribution in [-0.4, -0.2) is 129 Å².